The molecule has 0 aromatic carbocycles. The second-order valence-corrected chi connectivity index (χ2v) is 7.59. The Bertz CT molecular complexity index is 293. The van der Waals surface area contributed by atoms with Crippen molar-refractivity contribution in [3.63, 3.8) is 0 Å². The molecule has 0 saturated heterocycles. The number of nitrogens with zero attached hydrogens (tertiary/aromatic N) is 1. The third-order valence-electron chi connectivity index (χ3n) is 1.95. The minimum Gasteiger partial charge on any atom is -0.352 e. The number of rotatable bonds is 4. The number of nitrogens with one attached hydrogen (secondary N) is 1. The normalized spacial score (nSPS) is 13.9. The van der Waals surface area contributed by atoms with E-state index >= 15 is 0 Å². The van der Waals surface area contributed by atoms with Gasteiger partial charge in [0.15, 0.2) is 0 Å². The van der Waals surface area contributed by atoms with Crippen molar-refractivity contribution >= 4 is 21.2 Å². The number of hydrogen-bond acceptors (Lipinski definition) is 2. The van der Waals surface area contributed by atoms with Gasteiger partial charge in [-0.3, -0.25) is 9.16 Å². The Morgan fingerprint density at radius 2 is 1.93 bits per heavy atom. The maximum absolute atomic E-state index is 11.4. The van der Waals surface area contributed by atoms with Gasteiger partial charge in [-0.05, 0) is 25.4 Å². The molecule has 1 amide bonds. The number of carbonyl (C=O) groups is 1. The SMILES string of the molecule is C=S(C)(C)=NCC(=O)N[C@H](C)C(C)C. The molecule has 0 bridgehead atoms. The molecule has 0 saturated carbocycles. The number of amides is 1. The lowest BCUT2D eigenvalue weighted by Gasteiger charge is -2.16. The van der Waals surface area contributed by atoms with Crippen LogP contribution in [0.1, 0.15) is 20.8 Å². The maximum atomic E-state index is 11.4. The highest BCUT2D eigenvalue weighted by Crippen LogP contribution is 1.99. The number of hydrogen-bond donors (Lipinski definition) is 1. The van der Waals surface area contributed by atoms with Crippen LogP contribution in [-0.2, 0) is 14.2 Å². The van der Waals surface area contributed by atoms with Gasteiger partial charge in [-0.25, -0.2) is 0 Å². The first-order valence-electron chi connectivity index (χ1n) is 4.77. The Labute approximate surface area is 87.9 Å². The largest absolute Gasteiger partial charge is 0.352 e. The molecule has 0 heterocycles. The highest BCUT2D eigenvalue weighted by molar-refractivity contribution is 8.01. The Morgan fingerprint density at radius 3 is 2.29 bits per heavy atom. The van der Waals surface area contributed by atoms with Gasteiger partial charge < -0.3 is 5.32 Å². The van der Waals surface area contributed by atoms with E-state index in [1.54, 1.807) is 0 Å². The third kappa shape index (κ3) is 6.95. The fraction of sp³-hybridized carbons (Fsp3) is 0.800. The van der Waals surface area contributed by atoms with Crippen LogP contribution in [0, 0.1) is 5.92 Å². The Morgan fingerprint density at radius 1 is 1.43 bits per heavy atom. The summed E-state index contributed by atoms with van der Waals surface area (Å²) in [6, 6.07) is 0.209. The van der Waals surface area contributed by atoms with Crippen molar-refractivity contribution in [2.45, 2.75) is 26.8 Å². The zero-order chi connectivity index (χ0) is 11.4. The third-order valence-corrected chi connectivity index (χ3v) is 2.77. The van der Waals surface area contributed by atoms with Gasteiger partial charge in [0.1, 0.15) is 6.54 Å². The first kappa shape index (κ1) is 13.5. The topological polar surface area (TPSA) is 41.5 Å². The van der Waals surface area contributed by atoms with Crippen molar-refractivity contribution in [1.82, 2.24) is 5.32 Å². The van der Waals surface area contributed by atoms with Crippen LogP contribution >= 0.6 is 0 Å². The van der Waals surface area contributed by atoms with Crippen LogP contribution in [0.15, 0.2) is 4.36 Å². The summed E-state index contributed by atoms with van der Waals surface area (Å²) in [4.78, 5) is 11.4. The van der Waals surface area contributed by atoms with Crippen LogP contribution in [0.3, 0.4) is 0 Å². The summed E-state index contributed by atoms with van der Waals surface area (Å²) in [6.45, 7) is 6.41. The Hall–Kier alpha value is -0.510. The smallest absolute Gasteiger partial charge is 0.242 e. The molecule has 84 valence electrons. The first-order valence-corrected chi connectivity index (χ1v) is 7.34. The van der Waals surface area contributed by atoms with Crippen molar-refractivity contribution in [2.75, 3.05) is 19.1 Å². The standard InChI is InChI=1S/C10H22N2OS/c1-8(2)9(3)12-10(13)7-11-14(4,5)6/h8-9H,4,7H2,1-3,5-6H3,(H,12,13)/t9-/m1/s1. The highest BCUT2D eigenvalue weighted by Gasteiger charge is 2.09. The van der Waals surface area contributed by atoms with E-state index < -0.39 is 9.41 Å². The second kappa shape index (κ2) is 5.39. The predicted octanol–water partition coefficient (Wildman–Crippen LogP) is 1.18. The minimum absolute atomic E-state index is 0.00424. The summed E-state index contributed by atoms with van der Waals surface area (Å²) in [5, 5.41) is 2.90. The van der Waals surface area contributed by atoms with Crippen molar-refractivity contribution in [2.24, 2.45) is 10.3 Å². The number of carbonyl (C=O) groups excluding carboxylic acids is 1. The lowest BCUT2D eigenvalue weighted by atomic mass is 10.1. The minimum atomic E-state index is -1.16. The van der Waals surface area contributed by atoms with E-state index in [0.29, 0.717) is 5.92 Å². The van der Waals surface area contributed by atoms with E-state index in [9.17, 15) is 4.79 Å². The summed E-state index contributed by atoms with van der Waals surface area (Å²) in [5.74, 6) is 4.35. The molecule has 0 rings (SSSR count). The van der Waals surface area contributed by atoms with E-state index in [1.165, 1.54) is 0 Å². The molecule has 14 heavy (non-hydrogen) atoms. The van der Waals surface area contributed by atoms with Crippen molar-refractivity contribution < 1.29 is 4.79 Å². The summed E-state index contributed by atoms with van der Waals surface area (Å²) in [7, 11) is -1.16. The van der Waals surface area contributed by atoms with Crippen LogP contribution in [-0.4, -0.2) is 36.9 Å². The Balaban J connectivity index is 4.08. The molecule has 0 radical (unpaired) electrons. The van der Waals surface area contributed by atoms with E-state index in [4.69, 9.17) is 0 Å². The molecule has 4 heteroatoms. The summed E-state index contributed by atoms with van der Waals surface area (Å²) >= 11 is 0. The van der Waals surface area contributed by atoms with Gasteiger partial charge in [-0.15, -0.1) is 9.41 Å². The van der Waals surface area contributed by atoms with Gasteiger partial charge in [0.2, 0.25) is 5.91 Å². The quantitative estimate of drug-likeness (QED) is 0.707. The molecule has 0 aromatic heterocycles. The maximum Gasteiger partial charge on any atom is 0.242 e. The second-order valence-electron chi connectivity index (χ2n) is 4.37. The molecule has 0 aromatic rings. The fourth-order valence-electron chi connectivity index (χ4n) is 0.700. The van der Waals surface area contributed by atoms with E-state index in [-0.39, 0.29) is 18.5 Å². The summed E-state index contributed by atoms with van der Waals surface area (Å²) in [6.07, 6.45) is 3.93. The molecule has 0 spiro atoms. The van der Waals surface area contributed by atoms with Crippen LogP contribution in [0.2, 0.25) is 0 Å². The molecule has 0 aliphatic carbocycles. The van der Waals surface area contributed by atoms with Gasteiger partial charge in [0.25, 0.3) is 0 Å². The zero-order valence-corrected chi connectivity index (χ0v) is 10.6. The first-order chi connectivity index (χ1) is 6.22. The van der Waals surface area contributed by atoms with Gasteiger partial charge in [0, 0.05) is 6.04 Å². The molecule has 0 aliphatic rings. The average molecular weight is 218 g/mol. The predicted molar refractivity (Wildman–Crippen MR) is 66.1 cm³/mol. The fourth-order valence-corrected chi connectivity index (χ4v) is 1.17. The van der Waals surface area contributed by atoms with Crippen LogP contribution in [0.25, 0.3) is 0 Å². The molecule has 1 atom stereocenters. The van der Waals surface area contributed by atoms with Crippen molar-refractivity contribution in [3.05, 3.63) is 0 Å². The summed E-state index contributed by atoms with van der Waals surface area (Å²) in [5.41, 5.74) is 0. The zero-order valence-electron chi connectivity index (χ0n) is 9.83. The molecular weight excluding hydrogens is 196 g/mol. The van der Waals surface area contributed by atoms with Crippen LogP contribution in [0.5, 0.6) is 0 Å². The van der Waals surface area contributed by atoms with Gasteiger partial charge in [-0.1, -0.05) is 19.7 Å². The molecule has 0 unspecified atom stereocenters. The molecule has 1 N–H and O–H groups in total. The van der Waals surface area contributed by atoms with Gasteiger partial charge in [-0.2, -0.15) is 0 Å². The lowest BCUT2D eigenvalue weighted by molar-refractivity contribution is -0.120. The van der Waals surface area contributed by atoms with E-state index in [2.05, 4.69) is 29.4 Å². The van der Waals surface area contributed by atoms with Gasteiger partial charge in [0.05, 0.1) is 0 Å². The average Bonchev–Trinajstić information content (AvgIpc) is 1.99. The highest BCUT2D eigenvalue weighted by atomic mass is 32.2. The van der Waals surface area contributed by atoms with Crippen LogP contribution < -0.4 is 5.32 Å². The Kier molecular flexibility index (Phi) is 5.19. The van der Waals surface area contributed by atoms with Gasteiger partial charge >= 0.3 is 0 Å². The molecular formula is C10H22N2OS. The monoisotopic (exact) mass is 218 g/mol. The van der Waals surface area contributed by atoms with E-state index in [0.717, 1.165) is 0 Å². The van der Waals surface area contributed by atoms with Crippen molar-refractivity contribution in [1.29, 1.82) is 0 Å². The van der Waals surface area contributed by atoms with Crippen LogP contribution in [0.4, 0.5) is 0 Å². The molecule has 0 aliphatic heterocycles. The summed E-state index contributed by atoms with van der Waals surface area (Å²) < 4.78 is 4.23. The molecule has 3 nitrogen and oxygen atoms in total. The molecule has 0 fully saturated rings. The lowest BCUT2D eigenvalue weighted by Crippen LogP contribution is -2.37. The van der Waals surface area contributed by atoms with E-state index in [1.807, 2.05) is 19.4 Å². The van der Waals surface area contributed by atoms with Crippen molar-refractivity contribution in [3.8, 4) is 0 Å².